The summed E-state index contributed by atoms with van der Waals surface area (Å²) in [5, 5.41) is 0. The molecular formula is C32H26O4. The molecule has 0 bridgehead atoms. The minimum atomic E-state index is -0.483. The van der Waals surface area contributed by atoms with Crippen molar-refractivity contribution in [2.75, 3.05) is 14.2 Å². The molecule has 0 radical (unpaired) electrons. The molecule has 0 fully saturated rings. The molecule has 4 nitrogen and oxygen atoms in total. The normalized spacial score (nSPS) is 11.1. The first-order valence-corrected chi connectivity index (χ1v) is 11.5. The van der Waals surface area contributed by atoms with Crippen molar-refractivity contribution in [2.45, 2.75) is 0 Å². The Morgan fingerprint density at radius 3 is 1.22 bits per heavy atom. The summed E-state index contributed by atoms with van der Waals surface area (Å²) in [4.78, 5) is 25.5. The molecule has 0 aromatic heterocycles. The Kier molecular flexibility index (Phi) is 7.89. The largest absolute Gasteiger partial charge is 0.465 e. The summed E-state index contributed by atoms with van der Waals surface area (Å²) in [7, 11) is 2.69. The van der Waals surface area contributed by atoms with E-state index in [4.69, 9.17) is 9.47 Å². The molecule has 0 aliphatic carbocycles. The van der Waals surface area contributed by atoms with E-state index in [2.05, 4.69) is 0 Å². The van der Waals surface area contributed by atoms with Crippen LogP contribution in [0.1, 0.15) is 43.0 Å². The molecule has 4 rings (SSSR count). The molecule has 0 amide bonds. The Morgan fingerprint density at radius 2 is 0.861 bits per heavy atom. The Morgan fingerprint density at radius 1 is 0.500 bits per heavy atom. The van der Waals surface area contributed by atoms with Crippen LogP contribution in [0.15, 0.2) is 97.1 Å². The standard InChI is InChI=1S/C32H26O4/c1-35-31(33)29-21-25(15-13-23-9-5-3-6-10-23)17-19-27(29)28-20-18-26(22-30(28)32(34)36-2)16-14-24-11-7-4-8-12-24/h3-22H,1-2H3/b15-13+,16-14+. The highest BCUT2D eigenvalue weighted by atomic mass is 16.5. The van der Waals surface area contributed by atoms with E-state index in [1.807, 2.05) is 109 Å². The number of hydrogen-bond donors (Lipinski definition) is 0. The zero-order chi connectivity index (χ0) is 25.3. The Labute approximate surface area is 211 Å². The number of hydrogen-bond acceptors (Lipinski definition) is 4. The molecule has 0 spiro atoms. The second-order valence-corrected chi connectivity index (χ2v) is 8.08. The lowest BCUT2D eigenvalue weighted by atomic mass is 9.92. The van der Waals surface area contributed by atoms with Gasteiger partial charge in [0.2, 0.25) is 0 Å². The summed E-state index contributed by atoms with van der Waals surface area (Å²) in [6, 6.07) is 30.8. The highest BCUT2D eigenvalue weighted by molar-refractivity contribution is 6.04. The van der Waals surface area contributed by atoms with Gasteiger partial charge in [-0.15, -0.1) is 0 Å². The second kappa shape index (κ2) is 11.6. The number of esters is 2. The van der Waals surface area contributed by atoms with Gasteiger partial charge in [0, 0.05) is 0 Å². The molecular weight excluding hydrogens is 448 g/mol. The van der Waals surface area contributed by atoms with E-state index in [1.54, 1.807) is 12.1 Å². The lowest BCUT2D eigenvalue weighted by Gasteiger charge is -2.14. The molecule has 4 aromatic carbocycles. The highest BCUT2D eigenvalue weighted by Gasteiger charge is 2.20. The van der Waals surface area contributed by atoms with Crippen molar-refractivity contribution >= 4 is 36.2 Å². The topological polar surface area (TPSA) is 52.6 Å². The van der Waals surface area contributed by atoms with Crippen LogP contribution in [0.4, 0.5) is 0 Å². The molecule has 4 heteroatoms. The van der Waals surface area contributed by atoms with E-state index in [1.165, 1.54) is 14.2 Å². The number of carbonyl (C=O) groups excluding carboxylic acids is 2. The van der Waals surface area contributed by atoms with Crippen LogP contribution in [-0.2, 0) is 9.47 Å². The lowest BCUT2D eigenvalue weighted by Crippen LogP contribution is -2.08. The molecule has 0 unspecified atom stereocenters. The van der Waals surface area contributed by atoms with E-state index in [-0.39, 0.29) is 0 Å². The van der Waals surface area contributed by atoms with Gasteiger partial charge in [0.15, 0.2) is 0 Å². The maximum absolute atomic E-state index is 12.7. The first kappa shape index (κ1) is 24.4. The zero-order valence-electron chi connectivity index (χ0n) is 20.2. The van der Waals surface area contributed by atoms with Gasteiger partial charge in [0.05, 0.1) is 25.3 Å². The van der Waals surface area contributed by atoms with Crippen LogP contribution in [-0.4, -0.2) is 26.2 Å². The molecule has 0 aliphatic rings. The summed E-state index contributed by atoms with van der Waals surface area (Å²) < 4.78 is 10.1. The van der Waals surface area contributed by atoms with Crippen molar-refractivity contribution in [1.82, 2.24) is 0 Å². The smallest absolute Gasteiger partial charge is 0.338 e. The summed E-state index contributed by atoms with van der Waals surface area (Å²) in [5.74, 6) is -0.965. The number of benzene rings is 4. The molecule has 178 valence electrons. The van der Waals surface area contributed by atoms with Crippen LogP contribution in [0, 0.1) is 0 Å². The van der Waals surface area contributed by atoms with Crippen LogP contribution in [0.25, 0.3) is 35.4 Å². The molecule has 0 N–H and O–H groups in total. The van der Waals surface area contributed by atoms with E-state index in [0.29, 0.717) is 22.3 Å². The number of ether oxygens (including phenoxy) is 2. The van der Waals surface area contributed by atoms with Gasteiger partial charge < -0.3 is 9.47 Å². The average Bonchev–Trinajstić information content (AvgIpc) is 2.95. The summed E-state index contributed by atoms with van der Waals surface area (Å²) in [6.45, 7) is 0. The van der Waals surface area contributed by atoms with Gasteiger partial charge >= 0.3 is 11.9 Å². The minimum absolute atomic E-state index is 0.366. The monoisotopic (exact) mass is 474 g/mol. The van der Waals surface area contributed by atoms with E-state index >= 15 is 0 Å². The van der Waals surface area contributed by atoms with Gasteiger partial charge in [-0.1, -0.05) is 109 Å². The van der Waals surface area contributed by atoms with E-state index in [9.17, 15) is 9.59 Å². The maximum atomic E-state index is 12.7. The van der Waals surface area contributed by atoms with Crippen molar-refractivity contribution in [3.63, 3.8) is 0 Å². The van der Waals surface area contributed by atoms with Gasteiger partial charge in [0.1, 0.15) is 0 Å². The Hall–Kier alpha value is -4.70. The van der Waals surface area contributed by atoms with Crippen LogP contribution in [0.5, 0.6) is 0 Å². The quantitative estimate of drug-likeness (QED) is 0.209. The summed E-state index contributed by atoms with van der Waals surface area (Å²) in [6.07, 6.45) is 7.82. The van der Waals surface area contributed by atoms with Gasteiger partial charge in [-0.2, -0.15) is 0 Å². The molecule has 0 atom stereocenters. The Bertz CT molecular complexity index is 1310. The van der Waals surface area contributed by atoms with Gasteiger partial charge in [0.25, 0.3) is 0 Å². The zero-order valence-corrected chi connectivity index (χ0v) is 20.2. The number of carbonyl (C=O) groups is 2. The van der Waals surface area contributed by atoms with E-state index < -0.39 is 11.9 Å². The lowest BCUT2D eigenvalue weighted by molar-refractivity contribution is 0.0590. The molecule has 0 saturated heterocycles. The number of methoxy groups -OCH3 is 2. The van der Waals surface area contributed by atoms with Crippen molar-refractivity contribution in [3.8, 4) is 11.1 Å². The fourth-order valence-corrected chi connectivity index (χ4v) is 3.87. The second-order valence-electron chi connectivity index (χ2n) is 8.08. The average molecular weight is 475 g/mol. The first-order valence-electron chi connectivity index (χ1n) is 11.5. The SMILES string of the molecule is COC(=O)c1cc(/C=C/c2ccccc2)ccc1-c1ccc(/C=C/c2ccccc2)cc1C(=O)OC. The molecule has 4 aromatic rings. The molecule has 36 heavy (non-hydrogen) atoms. The van der Waals surface area contributed by atoms with Gasteiger partial charge in [-0.25, -0.2) is 9.59 Å². The molecule has 0 saturated carbocycles. The Balaban J connectivity index is 1.75. The van der Waals surface area contributed by atoms with Crippen molar-refractivity contribution in [3.05, 3.63) is 130 Å². The molecule has 0 heterocycles. The third kappa shape index (κ3) is 5.86. The predicted molar refractivity (Wildman–Crippen MR) is 145 cm³/mol. The van der Waals surface area contributed by atoms with Crippen LogP contribution in [0.3, 0.4) is 0 Å². The van der Waals surface area contributed by atoms with Gasteiger partial charge in [-0.05, 0) is 45.5 Å². The van der Waals surface area contributed by atoms with Crippen LogP contribution >= 0.6 is 0 Å². The number of rotatable bonds is 7. The maximum Gasteiger partial charge on any atom is 0.338 e. The molecule has 0 aliphatic heterocycles. The third-order valence-electron chi connectivity index (χ3n) is 5.72. The fourth-order valence-electron chi connectivity index (χ4n) is 3.87. The third-order valence-corrected chi connectivity index (χ3v) is 5.72. The fraction of sp³-hybridized carbons (Fsp3) is 0.0625. The van der Waals surface area contributed by atoms with Crippen molar-refractivity contribution in [1.29, 1.82) is 0 Å². The van der Waals surface area contributed by atoms with E-state index in [0.717, 1.165) is 22.3 Å². The predicted octanol–water partition coefficient (Wildman–Crippen LogP) is 7.27. The van der Waals surface area contributed by atoms with Crippen molar-refractivity contribution in [2.24, 2.45) is 0 Å². The summed E-state index contributed by atoms with van der Waals surface area (Å²) >= 11 is 0. The van der Waals surface area contributed by atoms with Gasteiger partial charge in [-0.3, -0.25) is 0 Å². The first-order chi connectivity index (χ1) is 17.6. The summed E-state index contributed by atoms with van der Waals surface area (Å²) in [5.41, 5.74) is 5.70. The van der Waals surface area contributed by atoms with Crippen LogP contribution < -0.4 is 0 Å². The van der Waals surface area contributed by atoms with Crippen molar-refractivity contribution < 1.29 is 19.1 Å². The minimum Gasteiger partial charge on any atom is -0.465 e. The highest BCUT2D eigenvalue weighted by Crippen LogP contribution is 2.31. The van der Waals surface area contributed by atoms with Crippen LogP contribution in [0.2, 0.25) is 0 Å².